The molecule has 1 N–H and O–H groups in total. The molecule has 114 valence electrons. The Hall–Kier alpha value is -1.36. The maximum Gasteiger partial charge on any atom is 0.224 e. The molecule has 20 heavy (non-hydrogen) atoms. The summed E-state index contributed by atoms with van der Waals surface area (Å²) in [7, 11) is 0. The third-order valence-electron chi connectivity index (χ3n) is 3.54. The van der Waals surface area contributed by atoms with Gasteiger partial charge in [0.15, 0.2) is 0 Å². The number of carbonyl (C=O) groups is 1. The number of carbonyl (C=O) groups excluding carboxylic acids is 1. The Kier molecular flexibility index (Phi) is 6.20. The van der Waals surface area contributed by atoms with Crippen LogP contribution in [-0.2, 0) is 11.2 Å². The predicted molar refractivity (Wildman–Crippen MR) is 79.7 cm³/mol. The lowest BCUT2D eigenvalue weighted by Gasteiger charge is -2.30. The Bertz CT molecular complexity index is 411. The van der Waals surface area contributed by atoms with E-state index in [1.54, 1.807) is 0 Å². The molecule has 1 aromatic rings. The van der Waals surface area contributed by atoms with Crippen molar-refractivity contribution in [3.05, 3.63) is 17.0 Å². The lowest BCUT2D eigenvalue weighted by atomic mass is 10.1. The Morgan fingerprint density at radius 3 is 2.30 bits per heavy atom. The summed E-state index contributed by atoms with van der Waals surface area (Å²) < 4.78 is 5.06. The Morgan fingerprint density at radius 1 is 1.25 bits per heavy atom. The quantitative estimate of drug-likeness (QED) is 0.831. The van der Waals surface area contributed by atoms with E-state index in [0.29, 0.717) is 25.0 Å². The smallest absolute Gasteiger partial charge is 0.224 e. The van der Waals surface area contributed by atoms with Crippen molar-refractivity contribution >= 4 is 5.91 Å². The minimum Gasteiger partial charge on any atom is -0.361 e. The molecule has 0 saturated heterocycles. The fourth-order valence-electron chi connectivity index (χ4n) is 2.41. The molecule has 0 aromatic carbocycles. The van der Waals surface area contributed by atoms with Crippen molar-refractivity contribution in [1.29, 1.82) is 0 Å². The highest BCUT2D eigenvalue weighted by Crippen LogP contribution is 2.12. The third kappa shape index (κ3) is 4.63. The normalized spacial score (nSPS) is 11.7. The van der Waals surface area contributed by atoms with Crippen molar-refractivity contribution in [2.24, 2.45) is 0 Å². The average Bonchev–Trinajstić information content (AvgIpc) is 2.65. The number of aromatic nitrogens is 1. The van der Waals surface area contributed by atoms with E-state index in [0.717, 1.165) is 23.6 Å². The van der Waals surface area contributed by atoms with Gasteiger partial charge in [0.25, 0.3) is 0 Å². The monoisotopic (exact) mass is 281 g/mol. The van der Waals surface area contributed by atoms with E-state index in [4.69, 9.17) is 4.52 Å². The van der Waals surface area contributed by atoms with Crippen LogP contribution in [0.1, 0.15) is 44.7 Å². The van der Waals surface area contributed by atoms with Gasteiger partial charge in [0.1, 0.15) is 5.76 Å². The van der Waals surface area contributed by atoms with Crippen molar-refractivity contribution in [2.75, 3.05) is 13.1 Å². The van der Waals surface area contributed by atoms with Crippen LogP contribution in [0.5, 0.6) is 0 Å². The SMILES string of the molecule is Cc1noc(C)c1CC(=O)NCCN(C(C)C)C(C)C. The van der Waals surface area contributed by atoms with E-state index < -0.39 is 0 Å². The summed E-state index contributed by atoms with van der Waals surface area (Å²) in [4.78, 5) is 14.3. The summed E-state index contributed by atoms with van der Waals surface area (Å²) in [5, 5.41) is 6.83. The molecule has 1 heterocycles. The van der Waals surface area contributed by atoms with E-state index in [2.05, 4.69) is 43.1 Å². The van der Waals surface area contributed by atoms with Gasteiger partial charge in [0.2, 0.25) is 5.91 Å². The van der Waals surface area contributed by atoms with Crippen LogP contribution in [0.4, 0.5) is 0 Å². The summed E-state index contributed by atoms with van der Waals surface area (Å²) >= 11 is 0. The second kappa shape index (κ2) is 7.43. The van der Waals surface area contributed by atoms with Crippen molar-refractivity contribution < 1.29 is 9.32 Å². The fraction of sp³-hybridized carbons (Fsp3) is 0.733. The third-order valence-corrected chi connectivity index (χ3v) is 3.54. The number of aryl methyl sites for hydroxylation is 2. The molecule has 1 aromatic heterocycles. The van der Waals surface area contributed by atoms with Gasteiger partial charge in [-0.25, -0.2) is 0 Å². The van der Waals surface area contributed by atoms with Crippen molar-refractivity contribution in [1.82, 2.24) is 15.4 Å². The lowest BCUT2D eigenvalue weighted by molar-refractivity contribution is -0.120. The van der Waals surface area contributed by atoms with Crippen LogP contribution in [0.15, 0.2) is 4.52 Å². The van der Waals surface area contributed by atoms with E-state index in [-0.39, 0.29) is 5.91 Å². The van der Waals surface area contributed by atoms with Crippen LogP contribution >= 0.6 is 0 Å². The van der Waals surface area contributed by atoms with Crippen molar-refractivity contribution in [3.8, 4) is 0 Å². The van der Waals surface area contributed by atoms with Gasteiger partial charge in [0, 0.05) is 30.7 Å². The second-order valence-corrected chi connectivity index (χ2v) is 5.75. The first kappa shape index (κ1) is 16.7. The van der Waals surface area contributed by atoms with Gasteiger partial charge in [0.05, 0.1) is 12.1 Å². The molecule has 0 aliphatic heterocycles. The van der Waals surface area contributed by atoms with Crippen LogP contribution in [0, 0.1) is 13.8 Å². The minimum absolute atomic E-state index is 0.0202. The van der Waals surface area contributed by atoms with Crippen LogP contribution in [-0.4, -0.2) is 41.1 Å². The Morgan fingerprint density at radius 2 is 1.85 bits per heavy atom. The number of hydrogen-bond donors (Lipinski definition) is 1. The number of amides is 1. The summed E-state index contributed by atoms with van der Waals surface area (Å²) in [6.45, 7) is 13.9. The molecule has 0 atom stereocenters. The van der Waals surface area contributed by atoms with E-state index in [1.165, 1.54) is 0 Å². The zero-order valence-electron chi connectivity index (χ0n) is 13.5. The van der Waals surface area contributed by atoms with Gasteiger partial charge in [-0.3, -0.25) is 9.69 Å². The van der Waals surface area contributed by atoms with Crippen molar-refractivity contribution in [2.45, 2.75) is 60.0 Å². The number of rotatable bonds is 7. The maximum absolute atomic E-state index is 11.9. The van der Waals surface area contributed by atoms with Crippen LogP contribution in [0.2, 0.25) is 0 Å². The molecular formula is C15H27N3O2. The maximum atomic E-state index is 11.9. The minimum atomic E-state index is 0.0202. The highest BCUT2D eigenvalue weighted by molar-refractivity contribution is 5.78. The standard InChI is InChI=1S/C15H27N3O2/c1-10(2)18(11(3)4)8-7-16-15(19)9-14-12(5)17-20-13(14)6/h10-11H,7-9H2,1-6H3,(H,16,19). The molecule has 0 bridgehead atoms. The Balaban J connectivity index is 2.41. The van der Waals surface area contributed by atoms with Gasteiger partial charge in [-0.15, -0.1) is 0 Å². The molecular weight excluding hydrogens is 254 g/mol. The van der Waals surface area contributed by atoms with E-state index in [1.807, 2.05) is 13.8 Å². The lowest BCUT2D eigenvalue weighted by Crippen LogP contribution is -2.42. The highest BCUT2D eigenvalue weighted by Gasteiger charge is 2.15. The van der Waals surface area contributed by atoms with Gasteiger partial charge < -0.3 is 9.84 Å². The molecule has 5 nitrogen and oxygen atoms in total. The summed E-state index contributed by atoms with van der Waals surface area (Å²) in [5.41, 5.74) is 1.69. The average molecular weight is 281 g/mol. The summed E-state index contributed by atoms with van der Waals surface area (Å²) in [6, 6.07) is 0.962. The van der Waals surface area contributed by atoms with Crippen LogP contribution < -0.4 is 5.32 Å². The highest BCUT2D eigenvalue weighted by atomic mass is 16.5. The van der Waals surface area contributed by atoms with Crippen LogP contribution in [0.25, 0.3) is 0 Å². The molecule has 1 rings (SSSR count). The molecule has 0 saturated carbocycles. The number of nitrogens with zero attached hydrogens (tertiary/aromatic N) is 2. The molecule has 5 heteroatoms. The first-order chi connectivity index (χ1) is 9.32. The second-order valence-electron chi connectivity index (χ2n) is 5.75. The summed E-state index contributed by atoms with van der Waals surface area (Å²) in [6.07, 6.45) is 0.338. The molecule has 0 spiro atoms. The van der Waals surface area contributed by atoms with Gasteiger partial charge in [-0.1, -0.05) is 5.16 Å². The molecule has 0 radical (unpaired) electrons. The van der Waals surface area contributed by atoms with Gasteiger partial charge in [-0.2, -0.15) is 0 Å². The molecule has 1 amide bonds. The fourth-order valence-corrected chi connectivity index (χ4v) is 2.41. The number of hydrogen-bond acceptors (Lipinski definition) is 4. The summed E-state index contributed by atoms with van der Waals surface area (Å²) in [5.74, 6) is 0.746. The van der Waals surface area contributed by atoms with Crippen molar-refractivity contribution in [3.63, 3.8) is 0 Å². The predicted octanol–water partition coefficient (Wildman–Crippen LogP) is 2.07. The first-order valence-corrected chi connectivity index (χ1v) is 7.27. The molecule has 0 aliphatic carbocycles. The topological polar surface area (TPSA) is 58.4 Å². The largest absolute Gasteiger partial charge is 0.361 e. The zero-order chi connectivity index (χ0) is 15.3. The van der Waals surface area contributed by atoms with E-state index in [9.17, 15) is 4.79 Å². The van der Waals surface area contributed by atoms with Gasteiger partial charge in [-0.05, 0) is 41.5 Å². The zero-order valence-corrected chi connectivity index (χ0v) is 13.5. The Labute approximate surface area is 121 Å². The number of nitrogens with one attached hydrogen (secondary N) is 1. The first-order valence-electron chi connectivity index (χ1n) is 7.27. The molecule has 0 fully saturated rings. The van der Waals surface area contributed by atoms with Crippen LogP contribution in [0.3, 0.4) is 0 Å². The molecule has 0 aliphatic rings. The van der Waals surface area contributed by atoms with E-state index >= 15 is 0 Å². The molecule has 0 unspecified atom stereocenters. The van der Waals surface area contributed by atoms with Gasteiger partial charge >= 0.3 is 0 Å².